The van der Waals surface area contributed by atoms with Crippen molar-refractivity contribution in [2.75, 3.05) is 0 Å². The maximum Gasteiger partial charge on any atom is 0.289 e. The highest BCUT2D eigenvalue weighted by Gasteiger charge is 2.35. The van der Waals surface area contributed by atoms with Crippen LogP contribution in [-0.2, 0) is 32.8 Å². The first kappa shape index (κ1) is 29.9. The lowest BCUT2D eigenvalue weighted by molar-refractivity contribution is -0.141. The summed E-state index contributed by atoms with van der Waals surface area (Å²) in [7, 11) is 1.83. The summed E-state index contributed by atoms with van der Waals surface area (Å²) in [5.74, 6) is -3.12. The van der Waals surface area contributed by atoms with Crippen LogP contribution in [0.25, 0.3) is 10.9 Å². The van der Waals surface area contributed by atoms with Crippen LogP contribution in [0.15, 0.2) is 60.7 Å². The van der Waals surface area contributed by atoms with Gasteiger partial charge in [0.25, 0.3) is 5.91 Å². The summed E-state index contributed by atoms with van der Waals surface area (Å²) in [4.78, 5) is 65.7. The van der Waals surface area contributed by atoms with Gasteiger partial charge in [-0.3, -0.25) is 24.0 Å². The molecular formula is C33H39N3O5. The minimum absolute atomic E-state index is 0.0301. The van der Waals surface area contributed by atoms with Gasteiger partial charge in [0.2, 0.25) is 11.7 Å². The van der Waals surface area contributed by atoms with E-state index < -0.39 is 29.6 Å². The summed E-state index contributed by atoms with van der Waals surface area (Å²) in [5, 5.41) is 6.37. The molecule has 216 valence electrons. The Labute approximate surface area is 240 Å². The van der Waals surface area contributed by atoms with Crippen LogP contribution in [0.5, 0.6) is 0 Å². The van der Waals surface area contributed by atoms with Gasteiger partial charge in [-0.1, -0.05) is 62.4 Å². The summed E-state index contributed by atoms with van der Waals surface area (Å²) in [6, 6.07) is 17.6. The van der Waals surface area contributed by atoms with Crippen molar-refractivity contribution < 1.29 is 24.0 Å². The van der Waals surface area contributed by atoms with E-state index in [-0.39, 0.29) is 42.8 Å². The molecular weight excluding hydrogens is 518 g/mol. The molecule has 0 radical (unpaired) electrons. The monoisotopic (exact) mass is 557 g/mol. The fourth-order valence-electron chi connectivity index (χ4n) is 5.70. The maximum atomic E-state index is 13.6. The first-order valence-corrected chi connectivity index (χ1v) is 14.4. The van der Waals surface area contributed by atoms with Crippen molar-refractivity contribution in [2.24, 2.45) is 24.8 Å². The molecule has 41 heavy (non-hydrogen) atoms. The molecule has 1 heterocycles. The Bertz CT molecular complexity index is 1430. The normalized spacial score (nSPS) is 16.5. The standard InChI is InChI=1S/C33H39N3O5/c1-21(2)16-25(19-30(38)28-18-23-12-7-8-14-27(23)36(28)3)32(40)35-26(17-24-13-9-15-29(24)37)31(39)33(41)34-20-22-10-5-4-6-11-22/h4-8,10-12,14,18,21,24-26H,9,13,15-17,19-20H2,1-3H3,(H,34,41)(H,35,40)/t24-,25+,26-/m0/s1. The average molecular weight is 558 g/mol. The van der Waals surface area contributed by atoms with Gasteiger partial charge in [0.05, 0.1) is 11.7 Å². The van der Waals surface area contributed by atoms with Crippen LogP contribution in [0.4, 0.5) is 0 Å². The number of hydrogen-bond acceptors (Lipinski definition) is 5. The van der Waals surface area contributed by atoms with Crippen molar-refractivity contribution in [1.82, 2.24) is 15.2 Å². The van der Waals surface area contributed by atoms with E-state index in [1.54, 1.807) is 0 Å². The Morgan fingerprint density at radius 1 is 1.00 bits per heavy atom. The summed E-state index contributed by atoms with van der Waals surface area (Å²) < 4.78 is 1.83. The molecule has 0 bridgehead atoms. The topological polar surface area (TPSA) is 114 Å². The lowest BCUT2D eigenvalue weighted by atomic mass is 9.89. The number of benzene rings is 2. The first-order chi connectivity index (χ1) is 19.6. The molecule has 1 aliphatic rings. The number of aromatic nitrogens is 1. The molecule has 2 amide bonds. The van der Waals surface area contributed by atoms with Crippen molar-refractivity contribution >= 4 is 40.1 Å². The number of hydrogen-bond donors (Lipinski definition) is 2. The summed E-state index contributed by atoms with van der Waals surface area (Å²) >= 11 is 0. The van der Waals surface area contributed by atoms with E-state index >= 15 is 0 Å². The fourth-order valence-corrected chi connectivity index (χ4v) is 5.70. The molecule has 0 spiro atoms. The molecule has 1 fully saturated rings. The largest absolute Gasteiger partial charge is 0.345 e. The second-order valence-corrected chi connectivity index (χ2v) is 11.5. The molecule has 0 unspecified atom stereocenters. The highest BCUT2D eigenvalue weighted by atomic mass is 16.2. The van der Waals surface area contributed by atoms with Crippen LogP contribution >= 0.6 is 0 Å². The lowest BCUT2D eigenvalue weighted by Gasteiger charge is -2.24. The number of nitrogens with one attached hydrogen (secondary N) is 2. The highest BCUT2D eigenvalue weighted by molar-refractivity contribution is 6.38. The third-order valence-corrected chi connectivity index (χ3v) is 7.90. The molecule has 8 nitrogen and oxygen atoms in total. The van der Waals surface area contributed by atoms with Gasteiger partial charge in [-0.05, 0) is 49.3 Å². The van der Waals surface area contributed by atoms with Gasteiger partial charge in [-0.2, -0.15) is 0 Å². The van der Waals surface area contributed by atoms with Gasteiger partial charge < -0.3 is 15.2 Å². The molecule has 4 rings (SSSR count). The molecule has 1 aliphatic carbocycles. The summed E-state index contributed by atoms with van der Waals surface area (Å²) in [6.07, 6.45) is 2.28. The van der Waals surface area contributed by atoms with E-state index in [1.165, 1.54) is 0 Å². The lowest BCUT2D eigenvalue weighted by Crippen LogP contribution is -2.50. The van der Waals surface area contributed by atoms with Crippen LogP contribution in [-0.4, -0.2) is 39.8 Å². The van der Waals surface area contributed by atoms with Gasteiger partial charge in [-0.25, -0.2) is 0 Å². The zero-order chi connectivity index (χ0) is 29.5. The summed E-state index contributed by atoms with van der Waals surface area (Å²) in [6.45, 7) is 4.11. The van der Waals surface area contributed by atoms with E-state index in [2.05, 4.69) is 10.6 Å². The molecule has 3 aromatic rings. The number of carbonyl (C=O) groups excluding carboxylic acids is 5. The smallest absolute Gasteiger partial charge is 0.289 e. The Morgan fingerprint density at radius 3 is 2.37 bits per heavy atom. The number of nitrogens with zero attached hydrogens (tertiary/aromatic N) is 1. The Balaban J connectivity index is 1.50. The minimum Gasteiger partial charge on any atom is -0.345 e. The quantitative estimate of drug-likeness (QED) is 0.237. The third kappa shape index (κ3) is 7.57. The van der Waals surface area contributed by atoms with Gasteiger partial charge in [0.15, 0.2) is 5.78 Å². The number of carbonyl (C=O) groups is 5. The number of ketones is 3. The molecule has 8 heteroatoms. The molecule has 0 saturated heterocycles. The second kappa shape index (κ2) is 13.5. The molecule has 1 aromatic heterocycles. The van der Waals surface area contributed by atoms with E-state index in [0.717, 1.165) is 22.9 Å². The van der Waals surface area contributed by atoms with E-state index in [9.17, 15) is 24.0 Å². The second-order valence-electron chi connectivity index (χ2n) is 11.5. The predicted octanol–water partition coefficient (Wildman–Crippen LogP) is 4.54. The molecule has 0 aliphatic heterocycles. The molecule has 1 saturated carbocycles. The van der Waals surface area contributed by atoms with Crippen molar-refractivity contribution in [1.29, 1.82) is 0 Å². The number of para-hydroxylation sites is 1. The minimum atomic E-state index is -1.15. The third-order valence-electron chi connectivity index (χ3n) is 7.90. The van der Waals surface area contributed by atoms with E-state index in [1.807, 2.05) is 86.1 Å². The van der Waals surface area contributed by atoms with Gasteiger partial charge in [0, 0.05) is 49.2 Å². The predicted molar refractivity (Wildman–Crippen MR) is 157 cm³/mol. The number of amides is 2. The van der Waals surface area contributed by atoms with Crippen molar-refractivity contribution in [3.63, 3.8) is 0 Å². The Hall–Kier alpha value is -4.07. The first-order valence-electron chi connectivity index (χ1n) is 14.4. The number of Topliss-reactive ketones (excluding diaryl/α,β-unsaturated/α-hetero) is 3. The van der Waals surface area contributed by atoms with Crippen LogP contribution < -0.4 is 10.6 Å². The number of aryl methyl sites for hydroxylation is 1. The van der Waals surface area contributed by atoms with Crippen molar-refractivity contribution in [3.8, 4) is 0 Å². The Morgan fingerprint density at radius 2 is 1.71 bits per heavy atom. The Kier molecular flexibility index (Phi) is 9.86. The van der Waals surface area contributed by atoms with Gasteiger partial charge in [0.1, 0.15) is 5.78 Å². The SMILES string of the molecule is CC(C)C[C@H](CC(=O)c1cc2ccccc2n1C)C(=O)N[C@@H](C[C@@H]1CCCC1=O)C(=O)C(=O)NCc1ccccc1. The molecule has 3 atom stereocenters. The fraction of sp³-hybridized carbons (Fsp3) is 0.424. The van der Waals surface area contributed by atoms with Crippen LogP contribution in [0.3, 0.4) is 0 Å². The van der Waals surface area contributed by atoms with Crippen LogP contribution in [0.2, 0.25) is 0 Å². The maximum absolute atomic E-state index is 13.6. The van der Waals surface area contributed by atoms with Crippen LogP contribution in [0.1, 0.15) is 68.4 Å². The van der Waals surface area contributed by atoms with Crippen LogP contribution in [0, 0.1) is 17.8 Å². The van der Waals surface area contributed by atoms with Gasteiger partial charge in [-0.15, -0.1) is 0 Å². The molecule has 2 aromatic carbocycles. The van der Waals surface area contributed by atoms with E-state index in [4.69, 9.17) is 0 Å². The number of rotatable bonds is 13. The molecule has 2 N–H and O–H groups in total. The van der Waals surface area contributed by atoms with Gasteiger partial charge >= 0.3 is 0 Å². The average Bonchev–Trinajstić information content (AvgIpc) is 3.52. The van der Waals surface area contributed by atoms with Crippen molar-refractivity contribution in [3.05, 3.63) is 71.9 Å². The van der Waals surface area contributed by atoms with E-state index in [0.29, 0.717) is 25.0 Å². The highest BCUT2D eigenvalue weighted by Crippen LogP contribution is 2.27. The summed E-state index contributed by atoms with van der Waals surface area (Å²) in [5.41, 5.74) is 2.27. The van der Waals surface area contributed by atoms with Crippen molar-refractivity contribution in [2.45, 2.75) is 65.0 Å². The zero-order valence-corrected chi connectivity index (χ0v) is 24.0. The zero-order valence-electron chi connectivity index (χ0n) is 24.0. The number of fused-ring (bicyclic) bond motifs is 1.